The maximum atomic E-state index is 11.2. The average molecular weight is 190 g/mol. The van der Waals surface area contributed by atoms with Gasteiger partial charge in [-0.1, -0.05) is 41.2 Å². The summed E-state index contributed by atoms with van der Waals surface area (Å²) in [7, 11) is -1.85. The lowest BCUT2D eigenvalue weighted by Crippen LogP contribution is -2.12. The first-order valence-corrected chi connectivity index (χ1v) is 7.13. The monoisotopic (exact) mass is 190 g/mol. The van der Waals surface area contributed by atoms with Crippen molar-refractivity contribution in [3.05, 3.63) is 0 Å². The van der Waals surface area contributed by atoms with Crippen LogP contribution in [0.25, 0.3) is 0 Å². The average Bonchev–Trinajstić information content (AvgIpc) is 1.55. The Balaban J connectivity index is 0. The van der Waals surface area contributed by atoms with Crippen LogP contribution in [0.15, 0.2) is 0 Å². The molecule has 0 aliphatic carbocycles. The van der Waals surface area contributed by atoms with E-state index in [9.17, 15) is 4.57 Å². The summed E-state index contributed by atoms with van der Waals surface area (Å²) in [6.07, 6.45) is 0. The first kappa shape index (κ1) is 14.8. The van der Waals surface area contributed by atoms with E-state index in [2.05, 4.69) is 20.5 Å². The largest absolute Gasteiger partial charge is 0.324 e. The van der Waals surface area contributed by atoms with Crippen LogP contribution >= 0.6 is 7.14 Å². The minimum absolute atomic E-state index is 0.00694. The molecular formula is C9H24BOP. The lowest BCUT2D eigenvalue weighted by atomic mass is 9.58. The molecule has 0 aromatic carbocycles. The van der Waals surface area contributed by atoms with Crippen molar-refractivity contribution in [2.45, 2.75) is 46.4 Å². The van der Waals surface area contributed by atoms with Gasteiger partial charge in [-0.2, -0.15) is 0 Å². The van der Waals surface area contributed by atoms with Gasteiger partial charge >= 0.3 is 0 Å². The molecule has 0 bridgehead atoms. The molecule has 0 unspecified atom stereocenters. The number of hydrogen-bond acceptors (Lipinski definition) is 1. The van der Waals surface area contributed by atoms with Gasteiger partial charge in [-0.25, -0.2) is 0 Å². The molecule has 0 aliphatic heterocycles. The minimum Gasteiger partial charge on any atom is -0.324 e. The fraction of sp³-hybridized carbons (Fsp3) is 1.00. The van der Waals surface area contributed by atoms with Gasteiger partial charge in [0.1, 0.15) is 6.71 Å². The quantitative estimate of drug-likeness (QED) is 0.419. The van der Waals surface area contributed by atoms with Crippen LogP contribution in [0.3, 0.4) is 0 Å². The molecule has 1 nitrogen and oxygen atoms in total. The second-order valence-electron chi connectivity index (χ2n) is 5.25. The van der Waals surface area contributed by atoms with Gasteiger partial charge in [0.15, 0.2) is 0 Å². The SMILES string of the molecule is CB(C)C.CC(C)(C)P(C)(C)=O. The van der Waals surface area contributed by atoms with E-state index in [0.29, 0.717) is 0 Å². The first-order valence-electron chi connectivity index (χ1n) is 4.53. The predicted octanol–water partition coefficient (Wildman–Crippen LogP) is 3.78. The fourth-order valence-corrected chi connectivity index (χ4v) is 0. The molecule has 0 rings (SSSR count). The van der Waals surface area contributed by atoms with E-state index in [1.54, 1.807) is 0 Å². The summed E-state index contributed by atoms with van der Waals surface area (Å²) in [4.78, 5) is 0. The standard InChI is InChI=1S/C6H15OP.C3H9B/c1-6(2,3)8(4,5)7;1-4(2)3/h1-5H3;1-3H3. The molecule has 0 radical (unpaired) electrons. The third-order valence-corrected chi connectivity index (χ3v) is 4.85. The van der Waals surface area contributed by atoms with Crippen LogP contribution in [0.2, 0.25) is 20.5 Å². The van der Waals surface area contributed by atoms with Crippen molar-refractivity contribution < 1.29 is 4.57 Å². The Morgan fingerprint density at radius 3 is 1.08 bits per heavy atom. The third kappa shape index (κ3) is 10.3. The van der Waals surface area contributed by atoms with Gasteiger partial charge < -0.3 is 4.57 Å². The van der Waals surface area contributed by atoms with Crippen LogP contribution in [0.4, 0.5) is 0 Å². The molecule has 0 fully saturated rings. The Morgan fingerprint density at radius 1 is 1.00 bits per heavy atom. The molecule has 0 aromatic heterocycles. The maximum absolute atomic E-state index is 11.2. The molecule has 0 spiro atoms. The summed E-state index contributed by atoms with van der Waals surface area (Å²) in [5.74, 6) is 0. The zero-order valence-corrected chi connectivity index (χ0v) is 10.8. The summed E-state index contributed by atoms with van der Waals surface area (Å²) in [5, 5.41) is -0.00694. The highest BCUT2D eigenvalue weighted by Gasteiger charge is 2.25. The van der Waals surface area contributed by atoms with Gasteiger partial charge in [0, 0.05) is 5.16 Å². The lowest BCUT2D eigenvalue weighted by Gasteiger charge is -2.23. The number of rotatable bonds is 0. The van der Waals surface area contributed by atoms with Crippen molar-refractivity contribution in [3.63, 3.8) is 0 Å². The van der Waals surface area contributed by atoms with Crippen molar-refractivity contribution in [2.75, 3.05) is 13.3 Å². The molecular weight excluding hydrogens is 166 g/mol. The summed E-state index contributed by atoms with van der Waals surface area (Å²) in [6, 6.07) is 0. The Kier molecular flexibility index (Phi) is 6.31. The van der Waals surface area contributed by atoms with Gasteiger partial charge in [0.2, 0.25) is 0 Å². The zero-order valence-electron chi connectivity index (χ0n) is 9.93. The summed E-state index contributed by atoms with van der Waals surface area (Å²) in [6.45, 7) is 17.0. The van der Waals surface area contributed by atoms with Crippen molar-refractivity contribution in [1.29, 1.82) is 0 Å². The molecule has 0 aliphatic rings. The highest BCUT2D eigenvalue weighted by atomic mass is 31.2. The van der Waals surface area contributed by atoms with Crippen molar-refractivity contribution in [2.24, 2.45) is 0 Å². The van der Waals surface area contributed by atoms with E-state index in [1.807, 2.05) is 34.1 Å². The van der Waals surface area contributed by atoms with E-state index < -0.39 is 7.14 Å². The van der Waals surface area contributed by atoms with E-state index in [4.69, 9.17) is 0 Å². The second kappa shape index (κ2) is 5.12. The van der Waals surface area contributed by atoms with E-state index in [1.165, 1.54) is 0 Å². The smallest absolute Gasteiger partial charge is 0.130 e. The molecule has 0 aromatic rings. The summed E-state index contributed by atoms with van der Waals surface area (Å²) < 4.78 is 11.2. The number of hydrogen-bond donors (Lipinski definition) is 0. The van der Waals surface area contributed by atoms with Crippen molar-refractivity contribution in [3.8, 4) is 0 Å². The van der Waals surface area contributed by atoms with Crippen LogP contribution in [0, 0.1) is 0 Å². The highest BCUT2D eigenvalue weighted by molar-refractivity contribution is 7.63. The predicted molar refractivity (Wildman–Crippen MR) is 62.6 cm³/mol. The second-order valence-corrected chi connectivity index (χ2v) is 9.30. The molecule has 74 valence electrons. The summed E-state index contributed by atoms with van der Waals surface area (Å²) in [5.41, 5.74) is 0. The van der Waals surface area contributed by atoms with Crippen molar-refractivity contribution >= 4 is 13.9 Å². The Hall–Kier alpha value is 0.295. The summed E-state index contributed by atoms with van der Waals surface area (Å²) >= 11 is 0. The molecule has 0 N–H and O–H groups in total. The van der Waals surface area contributed by atoms with Crippen LogP contribution in [-0.4, -0.2) is 25.2 Å². The van der Waals surface area contributed by atoms with Crippen LogP contribution < -0.4 is 0 Å². The third-order valence-electron chi connectivity index (χ3n) is 1.62. The topological polar surface area (TPSA) is 17.1 Å². The molecule has 0 saturated heterocycles. The van der Waals surface area contributed by atoms with Gasteiger partial charge in [-0.05, 0) is 13.3 Å². The molecule has 0 amide bonds. The van der Waals surface area contributed by atoms with Gasteiger partial charge in [0.25, 0.3) is 0 Å². The van der Waals surface area contributed by atoms with E-state index >= 15 is 0 Å². The van der Waals surface area contributed by atoms with Gasteiger partial charge in [-0.3, -0.25) is 0 Å². The molecule has 12 heavy (non-hydrogen) atoms. The molecule has 0 atom stereocenters. The lowest BCUT2D eigenvalue weighted by molar-refractivity contribution is 0.558. The molecule has 0 saturated carbocycles. The van der Waals surface area contributed by atoms with Gasteiger partial charge in [0.05, 0.1) is 7.14 Å². The van der Waals surface area contributed by atoms with E-state index in [-0.39, 0.29) is 5.16 Å². The van der Waals surface area contributed by atoms with Crippen molar-refractivity contribution in [1.82, 2.24) is 0 Å². The van der Waals surface area contributed by atoms with Gasteiger partial charge in [-0.15, -0.1) is 0 Å². The Labute approximate surface area is 78.8 Å². The van der Waals surface area contributed by atoms with Crippen LogP contribution in [0.5, 0.6) is 0 Å². The normalized spacial score (nSPS) is 11.7. The molecule has 3 heteroatoms. The highest BCUT2D eigenvalue weighted by Crippen LogP contribution is 2.50. The zero-order chi connectivity index (χ0) is 10.6. The fourth-order valence-electron chi connectivity index (χ4n) is 0. The molecule has 0 heterocycles. The van der Waals surface area contributed by atoms with Crippen LogP contribution in [-0.2, 0) is 4.57 Å². The minimum atomic E-state index is -1.85. The van der Waals surface area contributed by atoms with E-state index in [0.717, 1.165) is 6.71 Å². The maximum Gasteiger partial charge on any atom is 0.130 e. The Bertz CT molecular complexity index is 150. The Morgan fingerprint density at radius 2 is 1.08 bits per heavy atom. The first-order chi connectivity index (χ1) is 4.98. The van der Waals surface area contributed by atoms with Crippen LogP contribution in [0.1, 0.15) is 20.8 Å².